The normalized spacial score (nSPS) is 16.9. The average Bonchev–Trinajstić information content (AvgIpc) is 3.48. The van der Waals surface area contributed by atoms with Crippen molar-refractivity contribution in [3.8, 4) is 10.4 Å². The largest absolute Gasteiger partial charge is 0.355 e. The van der Waals surface area contributed by atoms with Gasteiger partial charge in [-0.1, -0.05) is 6.07 Å². The third kappa shape index (κ3) is 2.94. The van der Waals surface area contributed by atoms with Crippen LogP contribution in [0.15, 0.2) is 54.4 Å². The lowest BCUT2D eigenvalue weighted by atomic mass is 10.2. The molecule has 1 unspecified atom stereocenters. The van der Waals surface area contributed by atoms with Crippen molar-refractivity contribution in [3.63, 3.8) is 0 Å². The molecule has 1 fully saturated rings. The SMILES string of the molecule is CN(c1ccc(-c2cccs2)cn1)C1CCN(c2ncnc3[nH]ccc23)C1. The molecule has 1 aliphatic heterocycles. The van der Waals surface area contributed by atoms with Gasteiger partial charge in [-0.25, -0.2) is 15.0 Å². The first kappa shape index (κ1) is 16.3. The summed E-state index contributed by atoms with van der Waals surface area (Å²) in [4.78, 5) is 22.6. The van der Waals surface area contributed by atoms with Gasteiger partial charge in [0.25, 0.3) is 0 Å². The van der Waals surface area contributed by atoms with Gasteiger partial charge in [0.05, 0.1) is 5.39 Å². The van der Waals surface area contributed by atoms with Crippen molar-refractivity contribution in [2.24, 2.45) is 0 Å². The van der Waals surface area contributed by atoms with E-state index in [2.05, 4.69) is 61.4 Å². The average molecular weight is 376 g/mol. The Bertz CT molecular complexity index is 1040. The van der Waals surface area contributed by atoms with Gasteiger partial charge in [0.2, 0.25) is 0 Å². The highest BCUT2D eigenvalue weighted by Gasteiger charge is 2.28. The van der Waals surface area contributed by atoms with Crippen LogP contribution in [-0.2, 0) is 0 Å². The summed E-state index contributed by atoms with van der Waals surface area (Å²) in [5, 5.41) is 3.18. The lowest BCUT2D eigenvalue weighted by molar-refractivity contribution is 0.684. The van der Waals surface area contributed by atoms with E-state index in [1.807, 2.05) is 18.5 Å². The maximum atomic E-state index is 4.70. The summed E-state index contributed by atoms with van der Waals surface area (Å²) >= 11 is 1.74. The number of hydrogen-bond donors (Lipinski definition) is 1. The molecule has 136 valence electrons. The Morgan fingerprint density at radius 2 is 2.15 bits per heavy atom. The third-order valence-electron chi connectivity index (χ3n) is 5.26. The third-order valence-corrected chi connectivity index (χ3v) is 6.18. The fourth-order valence-corrected chi connectivity index (χ4v) is 4.45. The number of fused-ring (bicyclic) bond motifs is 1. The van der Waals surface area contributed by atoms with E-state index in [1.54, 1.807) is 17.7 Å². The van der Waals surface area contributed by atoms with Gasteiger partial charge in [-0.05, 0) is 36.1 Å². The van der Waals surface area contributed by atoms with Crippen LogP contribution in [0, 0.1) is 0 Å². The highest BCUT2D eigenvalue weighted by Crippen LogP contribution is 2.29. The Balaban J connectivity index is 1.33. The van der Waals surface area contributed by atoms with Crippen molar-refractivity contribution < 1.29 is 0 Å². The molecule has 0 bridgehead atoms. The summed E-state index contributed by atoms with van der Waals surface area (Å²) in [6.07, 6.45) is 6.61. The number of nitrogens with zero attached hydrogens (tertiary/aromatic N) is 5. The van der Waals surface area contributed by atoms with Gasteiger partial charge >= 0.3 is 0 Å². The molecule has 1 saturated heterocycles. The van der Waals surface area contributed by atoms with Gasteiger partial charge in [-0.15, -0.1) is 11.3 Å². The zero-order valence-electron chi connectivity index (χ0n) is 15.0. The van der Waals surface area contributed by atoms with E-state index in [4.69, 9.17) is 4.98 Å². The van der Waals surface area contributed by atoms with E-state index >= 15 is 0 Å². The van der Waals surface area contributed by atoms with Crippen LogP contribution in [0.3, 0.4) is 0 Å². The fraction of sp³-hybridized carbons (Fsp3) is 0.250. The molecule has 4 aromatic rings. The summed E-state index contributed by atoms with van der Waals surface area (Å²) in [5.74, 6) is 2.02. The Morgan fingerprint density at radius 3 is 2.96 bits per heavy atom. The van der Waals surface area contributed by atoms with Crippen molar-refractivity contribution in [1.82, 2.24) is 19.9 Å². The lowest BCUT2D eigenvalue weighted by Crippen LogP contribution is -2.35. The molecule has 0 spiro atoms. The minimum atomic E-state index is 0.411. The van der Waals surface area contributed by atoms with Gasteiger partial charge in [0.15, 0.2) is 0 Å². The van der Waals surface area contributed by atoms with Gasteiger partial charge in [-0.3, -0.25) is 0 Å². The molecule has 0 aliphatic carbocycles. The van der Waals surface area contributed by atoms with E-state index in [0.717, 1.165) is 42.2 Å². The number of pyridine rings is 1. The molecule has 7 heteroatoms. The maximum Gasteiger partial charge on any atom is 0.142 e. The molecular weight excluding hydrogens is 356 g/mol. The number of likely N-dealkylation sites (N-methyl/N-ethyl adjacent to an activating group) is 1. The number of anilines is 2. The summed E-state index contributed by atoms with van der Waals surface area (Å²) in [5.41, 5.74) is 2.06. The first-order valence-corrected chi connectivity index (χ1v) is 9.93. The second-order valence-electron chi connectivity index (χ2n) is 6.82. The Hall–Kier alpha value is -2.93. The molecule has 0 saturated carbocycles. The van der Waals surface area contributed by atoms with Gasteiger partial charge < -0.3 is 14.8 Å². The van der Waals surface area contributed by atoms with E-state index < -0.39 is 0 Å². The second kappa shape index (κ2) is 6.66. The quantitative estimate of drug-likeness (QED) is 0.587. The minimum absolute atomic E-state index is 0.411. The fourth-order valence-electron chi connectivity index (χ4n) is 3.73. The zero-order valence-corrected chi connectivity index (χ0v) is 15.9. The Morgan fingerprint density at radius 1 is 1.19 bits per heavy atom. The topological polar surface area (TPSA) is 60.9 Å². The van der Waals surface area contributed by atoms with Crippen LogP contribution in [0.2, 0.25) is 0 Å². The van der Waals surface area contributed by atoms with Crippen LogP contribution in [0.4, 0.5) is 11.6 Å². The van der Waals surface area contributed by atoms with E-state index in [-0.39, 0.29) is 0 Å². The van der Waals surface area contributed by atoms with E-state index in [1.165, 1.54) is 10.4 Å². The summed E-state index contributed by atoms with van der Waals surface area (Å²) in [7, 11) is 2.13. The maximum absolute atomic E-state index is 4.70. The zero-order chi connectivity index (χ0) is 18.2. The minimum Gasteiger partial charge on any atom is -0.355 e. The van der Waals surface area contributed by atoms with Crippen LogP contribution in [-0.4, -0.2) is 46.1 Å². The highest BCUT2D eigenvalue weighted by atomic mass is 32.1. The predicted octanol–water partition coefficient (Wildman–Crippen LogP) is 3.80. The van der Waals surface area contributed by atoms with E-state index in [0.29, 0.717) is 6.04 Å². The molecule has 1 aliphatic rings. The first-order valence-electron chi connectivity index (χ1n) is 9.05. The number of aromatic amines is 1. The number of aromatic nitrogens is 4. The van der Waals surface area contributed by atoms with Crippen molar-refractivity contribution in [2.75, 3.05) is 29.9 Å². The van der Waals surface area contributed by atoms with Gasteiger partial charge in [-0.2, -0.15) is 0 Å². The second-order valence-corrected chi connectivity index (χ2v) is 7.77. The molecule has 1 N–H and O–H groups in total. The van der Waals surface area contributed by atoms with Crippen LogP contribution in [0.25, 0.3) is 21.5 Å². The number of H-pyrrole nitrogens is 1. The van der Waals surface area contributed by atoms with Crippen LogP contribution in [0.1, 0.15) is 6.42 Å². The number of thiophene rings is 1. The molecule has 0 radical (unpaired) electrons. The molecule has 5 heterocycles. The molecule has 4 aromatic heterocycles. The summed E-state index contributed by atoms with van der Waals surface area (Å²) in [6, 6.07) is 10.9. The predicted molar refractivity (Wildman–Crippen MR) is 110 cm³/mol. The monoisotopic (exact) mass is 376 g/mol. The van der Waals surface area contributed by atoms with Crippen LogP contribution in [0.5, 0.6) is 0 Å². The van der Waals surface area contributed by atoms with E-state index in [9.17, 15) is 0 Å². The number of hydrogen-bond acceptors (Lipinski definition) is 6. The molecule has 27 heavy (non-hydrogen) atoms. The van der Waals surface area contributed by atoms with Crippen molar-refractivity contribution in [1.29, 1.82) is 0 Å². The number of rotatable bonds is 4. The van der Waals surface area contributed by atoms with Crippen LogP contribution < -0.4 is 9.80 Å². The molecule has 0 aromatic carbocycles. The van der Waals surface area contributed by atoms with Crippen molar-refractivity contribution in [2.45, 2.75) is 12.5 Å². The summed E-state index contributed by atoms with van der Waals surface area (Å²) < 4.78 is 0. The first-order chi connectivity index (χ1) is 13.3. The molecule has 6 nitrogen and oxygen atoms in total. The van der Waals surface area contributed by atoms with Crippen LogP contribution >= 0.6 is 11.3 Å². The molecule has 0 amide bonds. The smallest absolute Gasteiger partial charge is 0.142 e. The van der Waals surface area contributed by atoms with Gasteiger partial charge in [0.1, 0.15) is 23.6 Å². The van der Waals surface area contributed by atoms with Gasteiger partial charge in [0, 0.05) is 49.0 Å². The molecule has 5 rings (SSSR count). The lowest BCUT2D eigenvalue weighted by Gasteiger charge is -2.26. The Labute approximate surface area is 161 Å². The Kier molecular flexibility index (Phi) is 4.01. The summed E-state index contributed by atoms with van der Waals surface area (Å²) in [6.45, 7) is 1.92. The molecule has 1 atom stereocenters. The molecular formula is C20H20N6S. The highest BCUT2D eigenvalue weighted by molar-refractivity contribution is 7.13. The van der Waals surface area contributed by atoms with Crippen molar-refractivity contribution >= 4 is 34.0 Å². The standard InChI is InChI=1S/C20H20N6S/c1-25(18-5-4-14(11-22-18)17-3-2-10-27-17)15-7-9-26(12-15)20-16-6-8-21-19(16)23-13-24-20/h2-6,8,10-11,13,15H,7,9,12H2,1H3,(H,21,23,24). The van der Waals surface area contributed by atoms with Crippen molar-refractivity contribution in [3.05, 3.63) is 54.4 Å². The number of nitrogens with one attached hydrogen (secondary N) is 1.